The molecule has 27 heavy (non-hydrogen) atoms. The second-order valence-corrected chi connectivity index (χ2v) is 8.30. The first-order valence-electron chi connectivity index (χ1n) is 9.70. The topological polar surface area (TPSA) is 63.2 Å². The number of nitrogens with one attached hydrogen (secondary N) is 1. The first kappa shape index (κ1) is 16.7. The Morgan fingerprint density at radius 3 is 2.70 bits per heavy atom. The molecule has 0 radical (unpaired) electrons. The van der Waals surface area contributed by atoms with Crippen molar-refractivity contribution in [3.8, 4) is 5.88 Å². The Morgan fingerprint density at radius 1 is 1.04 bits per heavy atom. The van der Waals surface area contributed by atoms with E-state index in [0.717, 1.165) is 42.4 Å². The third-order valence-electron chi connectivity index (χ3n) is 5.30. The number of thiazole rings is 1. The van der Waals surface area contributed by atoms with Crippen molar-refractivity contribution in [3.63, 3.8) is 0 Å². The van der Waals surface area contributed by atoms with E-state index in [-0.39, 0.29) is 6.10 Å². The van der Waals surface area contributed by atoms with Crippen LogP contribution in [0.4, 0.5) is 10.9 Å². The monoisotopic (exact) mass is 381 g/mol. The van der Waals surface area contributed by atoms with Crippen LogP contribution in [0.5, 0.6) is 5.88 Å². The molecule has 1 aliphatic carbocycles. The zero-order chi connectivity index (χ0) is 18.1. The number of fused-ring (bicyclic) bond motifs is 1. The van der Waals surface area contributed by atoms with E-state index in [1.54, 1.807) is 23.7 Å². The van der Waals surface area contributed by atoms with Crippen molar-refractivity contribution < 1.29 is 4.74 Å². The van der Waals surface area contributed by atoms with E-state index in [4.69, 9.17) is 4.74 Å². The molecule has 0 amide bonds. The summed E-state index contributed by atoms with van der Waals surface area (Å²) < 4.78 is 7.41. The van der Waals surface area contributed by atoms with Crippen molar-refractivity contribution in [2.75, 3.05) is 23.3 Å². The van der Waals surface area contributed by atoms with Gasteiger partial charge in [0.1, 0.15) is 6.10 Å². The maximum Gasteiger partial charge on any atom is 0.257 e. The minimum Gasteiger partial charge on any atom is -0.472 e. The number of aromatic nitrogens is 3. The van der Waals surface area contributed by atoms with Gasteiger partial charge in [0, 0.05) is 44.4 Å². The van der Waals surface area contributed by atoms with Crippen LogP contribution in [0.2, 0.25) is 0 Å². The summed E-state index contributed by atoms with van der Waals surface area (Å²) in [7, 11) is 0. The average Bonchev–Trinajstić information content (AvgIpc) is 3.10. The lowest BCUT2D eigenvalue weighted by atomic mass is 9.89. The van der Waals surface area contributed by atoms with Crippen LogP contribution in [-0.2, 0) is 0 Å². The number of ether oxygens (including phenoxy) is 1. The molecule has 0 bridgehead atoms. The minimum absolute atomic E-state index is 0.192. The molecule has 2 aromatic heterocycles. The third-order valence-corrected chi connectivity index (χ3v) is 6.26. The fraction of sp³-hybridized carbons (Fsp3) is 0.450. The van der Waals surface area contributed by atoms with Crippen molar-refractivity contribution in [3.05, 3.63) is 36.7 Å². The highest BCUT2D eigenvalue weighted by atomic mass is 32.1. The molecule has 2 aliphatic rings. The first-order chi connectivity index (χ1) is 13.3. The number of hydrogen-bond acceptors (Lipinski definition) is 7. The van der Waals surface area contributed by atoms with Crippen LogP contribution in [0, 0.1) is 0 Å². The number of hydrogen-bond donors (Lipinski definition) is 1. The number of piperidine rings is 1. The average molecular weight is 382 g/mol. The molecule has 2 fully saturated rings. The number of benzene rings is 1. The van der Waals surface area contributed by atoms with Crippen molar-refractivity contribution >= 4 is 32.5 Å². The van der Waals surface area contributed by atoms with Crippen molar-refractivity contribution in [2.24, 2.45) is 0 Å². The molecule has 1 saturated heterocycles. The first-order valence-corrected chi connectivity index (χ1v) is 10.5. The summed E-state index contributed by atoms with van der Waals surface area (Å²) in [5, 5.41) is 4.54. The molecule has 7 heteroatoms. The van der Waals surface area contributed by atoms with Gasteiger partial charge in [0.2, 0.25) is 0 Å². The second kappa shape index (κ2) is 7.31. The fourth-order valence-electron chi connectivity index (χ4n) is 3.77. The Bertz CT molecular complexity index is 884. The zero-order valence-electron chi connectivity index (χ0n) is 15.2. The van der Waals surface area contributed by atoms with Crippen LogP contribution in [0.15, 0.2) is 36.7 Å². The second-order valence-electron chi connectivity index (χ2n) is 7.27. The van der Waals surface area contributed by atoms with Gasteiger partial charge in [0.05, 0.1) is 10.2 Å². The SMILES string of the molecule is c1ccc2sc(NC3CC(Oc4nccnc4N4CCCCC4)C3)nc2c1. The van der Waals surface area contributed by atoms with Gasteiger partial charge >= 0.3 is 0 Å². The predicted octanol–water partition coefficient (Wildman–Crippen LogP) is 4.10. The Balaban J connectivity index is 1.19. The fourth-order valence-corrected chi connectivity index (χ4v) is 4.71. The van der Waals surface area contributed by atoms with E-state index in [1.165, 1.54) is 24.0 Å². The normalized spacial score (nSPS) is 22.4. The third kappa shape index (κ3) is 3.56. The van der Waals surface area contributed by atoms with E-state index in [0.29, 0.717) is 11.9 Å². The summed E-state index contributed by atoms with van der Waals surface area (Å²) in [6, 6.07) is 8.66. The highest BCUT2D eigenvalue weighted by Gasteiger charge is 2.33. The van der Waals surface area contributed by atoms with E-state index in [1.807, 2.05) is 6.07 Å². The van der Waals surface area contributed by atoms with Gasteiger partial charge in [0.15, 0.2) is 10.9 Å². The smallest absolute Gasteiger partial charge is 0.257 e. The van der Waals surface area contributed by atoms with Gasteiger partial charge in [-0.3, -0.25) is 0 Å². The molecule has 1 aliphatic heterocycles. The van der Waals surface area contributed by atoms with Gasteiger partial charge in [-0.1, -0.05) is 23.5 Å². The molecule has 0 unspecified atom stereocenters. The Morgan fingerprint density at radius 2 is 1.85 bits per heavy atom. The van der Waals surface area contributed by atoms with Crippen molar-refractivity contribution in [1.29, 1.82) is 0 Å². The lowest BCUT2D eigenvalue weighted by molar-refractivity contribution is 0.103. The molecule has 1 N–H and O–H groups in total. The highest BCUT2D eigenvalue weighted by Crippen LogP contribution is 2.34. The van der Waals surface area contributed by atoms with Crippen molar-refractivity contribution in [1.82, 2.24) is 15.0 Å². The van der Waals surface area contributed by atoms with E-state index >= 15 is 0 Å². The van der Waals surface area contributed by atoms with Crippen LogP contribution in [0.25, 0.3) is 10.2 Å². The van der Waals surface area contributed by atoms with Gasteiger partial charge in [-0.05, 0) is 31.4 Å². The van der Waals surface area contributed by atoms with Gasteiger partial charge in [0.25, 0.3) is 5.88 Å². The number of nitrogens with zero attached hydrogens (tertiary/aromatic N) is 4. The summed E-state index contributed by atoms with van der Waals surface area (Å²) in [5.41, 5.74) is 1.06. The molecule has 5 rings (SSSR count). The quantitative estimate of drug-likeness (QED) is 0.718. The number of anilines is 2. The Hall–Kier alpha value is -2.41. The molecule has 140 valence electrons. The molecule has 6 nitrogen and oxygen atoms in total. The van der Waals surface area contributed by atoms with Crippen LogP contribution in [0.3, 0.4) is 0 Å². The summed E-state index contributed by atoms with van der Waals surface area (Å²) >= 11 is 1.71. The molecule has 3 aromatic rings. The van der Waals surface area contributed by atoms with Gasteiger partial charge in [-0.15, -0.1) is 0 Å². The molecular formula is C20H23N5OS. The standard InChI is InChI=1S/C20H23N5OS/c1-4-10-25(11-5-1)18-19(22-9-8-21-18)26-15-12-14(13-15)23-20-24-16-6-2-3-7-17(16)27-20/h2-3,6-9,14-15H,1,4-5,10-13H2,(H,23,24). The predicted molar refractivity (Wildman–Crippen MR) is 109 cm³/mol. The Labute approximate surface area is 162 Å². The maximum absolute atomic E-state index is 6.19. The summed E-state index contributed by atoms with van der Waals surface area (Å²) in [5.74, 6) is 1.59. The maximum atomic E-state index is 6.19. The highest BCUT2D eigenvalue weighted by molar-refractivity contribution is 7.22. The number of rotatable bonds is 5. The summed E-state index contributed by atoms with van der Waals surface area (Å²) in [4.78, 5) is 16.0. The molecule has 0 atom stereocenters. The lowest BCUT2D eigenvalue weighted by Gasteiger charge is -2.36. The van der Waals surface area contributed by atoms with Gasteiger partial charge in [-0.2, -0.15) is 0 Å². The van der Waals surface area contributed by atoms with Gasteiger partial charge in [-0.25, -0.2) is 15.0 Å². The van der Waals surface area contributed by atoms with Crippen LogP contribution in [0.1, 0.15) is 32.1 Å². The number of para-hydroxylation sites is 1. The largest absolute Gasteiger partial charge is 0.472 e. The van der Waals surface area contributed by atoms with Crippen molar-refractivity contribution in [2.45, 2.75) is 44.2 Å². The molecule has 0 spiro atoms. The molecule has 3 heterocycles. The molecular weight excluding hydrogens is 358 g/mol. The summed E-state index contributed by atoms with van der Waals surface area (Å²) in [6.07, 6.45) is 9.33. The van der Waals surface area contributed by atoms with E-state index in [9.17, 15) is 0 Å². The summed E-state index contributed by atoms with van der Waals surface area (Å²) in [6.45, 7) is 2.09. The Kier molecular flexibility index (Phi) is 4.53. The van der Waals surface area contributed by atoms with Gasteiger partial charge < -0.3 is 15.0 Å². The molecule has 1 saturated carbocycles. The van der Waals surface area contributed by atoms with Crippen LogP contribution < -0.4 is 15.0 Å². The van der Waals surface area contributed by atoms with E-state index < -0.39 is 0 Å². The van der Waals surface area contributed by atoms with Crippen LogP contribution in [-0.4, -0.2) is 40.2 Å². The zero-order valence-corrected chi connectivity index (χ0v) is 16.0. The lowest BCUT2D eigenvalue weighted by Crippen LogP contribution is -2.43. The van der Waals surface area contributed by atoms with E-state index in [2.05, 4.69) is 43.4 Å². The molecule has 1 aromatic carbocycles. The minimum atomic E-state index is 0.192. The van der Waals surface area contributed by atoms with Crippen LogP contribution >= 0.6 is 11.3 Å².